The molecule has 29 heavy (non-hydrogen) atoms. The van der Waals surface area contributed by atoms with Crippen molar-refractivity contribution in [2.24, 2.45) is 5.92 Å². The van der Waals surface area contributed by atoms with Crippen molar-refractivity contribution in [2.45, 2.75) is 62.9 Å². The maximum Gasteiger partial charge on any atom is 0.511 e. The monoisotopic (exact) mass is 438 g/mol. The Morgan fingerprint density at radius 2 is 1.90 bits per heavy atom. The number of fused-ring (bicyclic) bond motifs is 1. The smallest absolute Gasteiger partial charge is 0.501 e. The number of rotatable bonds is 5. The molecule has 3 aliphatic rings. The molecule has 0 spiro atoms. The van der Waals surface area contributed by atoms with E-state index in [1.807, 2.05) is 12.9 Å². The number of carbonyl (C=O) groups excluding carboxylic acids is 1. The molecular formula is C19H29F3N2O4S. The molecule has 1 aliphatic heterocycles. The first-order chi connectivity index (χ1) is 13.7. The third-order valence-electron chi connectivity index (χ3n) is 5.78. The molecule has 1 heterocycles. The highest BCUT2D eigenvalue weighted by atomic mass is 32.2. The van der Waals surface area contributed by atoms with E-state index in [-0.39, 0.29) is 19.1 Å². The second kappa shape index (κ2) is 9.97. The van der Waals surface area contributed by atoms with Crippen LogP contribution in [0.5, 0.6) is 0 Å². The molecule has 1 saturated carbocycles. The number of halogens is 3. The van der Waals surface area contributed by atoms with Gasteiger partial charge in [0.15, 0.2) is 0 Å². The number of ether oxygens (including phenoxy) is 1. The molecule has 2 fully saturated rings. The summed E-state index contributed by atoms with van der Waals surface area (Å²) in [5.74, 6) is 1.14. The van der Waals surface area contributed by atoms with Crippen LogP contribution in [0.1, 0.15) is 51.4 Å². The maximum atomic E-state index is 13.2. The van der Waals surface area contributed by atoms with Crippen LogP contribution in [0.15, 0.2) is 23.1 Å². The molecular weight excluding hydrogens is 409 g/mol. The fraction of sp³-hybridized carbons (Fsp3) is 0.737. The molecule has 166 valence electrons. The van der Waals surface area contributed by atoms with Gasteiger partial charge in [-0.3, -0.25) is 0 Å². The van der Waals surface area contributed by atoms with Crippen molar-refractivity contribution in [1.29, 1.82) is 0 Å². The van der Waals surface area contributed by atoms with Crippen LogP contribution in [-0.2, 0) is 19.6 Å². The van der Waals surface area contributed by atoms with Gasteiger partial charge in [-0.15, -0.1) is 0 Å². The van der Waals surface area contributed by atoms with E-state index in [0.717, 1.165) is 31.4 Å². The van der Waals surface area contributed by atoms with E-state index in [9.17, 15) is 21.6 Å². The Labute approximate surface area is 170 Å². The summed E-state index contributed by atoms with van der Waals surface area (Å²) in [5, 5.41) is 3.31. The summed E-state index contributed by atoms with van der Waals surface area (Å²) in [6.45, 7) is 1.50. The fourth-order valence-electron chi connectivity index (χ4n) is 4.30. The van der Waals surface area contributed by atoms with Crippen molar-refractivity contribution in [3.63, 3.8) is 0 Å². The summed E-state index contributed by atoms with van der Waals surface area (Å²) in [7, 11) is -3.93. The van der Waals surface area contributed by atoms with Crippen LogP contribution in [0.4, 0.5) is 13.2 Å². The summed E-state index contributed by atoms with van der Waals surface area (Å²) in [4.78, 5) is 8.00. The number of nitrogens with one attached hydrogen (secondary N) is 1. The van der Waals surface area contributed by atoms with Gasteiger partial charge in [-0.05, 0) is 25.2 Å². The zero-order valence-electron chi connectivity index (χ0n) is 16.6. The minimum Gasteiger partial charge on any atom is -0.501 e. The lowest BCUT2D eigenvalue weighted by atomic mass is 9.97. The van der Waals surface area contributed by atoms with Gasteiger partial charge < -0.3 is 14.8 Å². The Balaban J connectivity index is 0.00000145. The highest BCUT2D eigenvalue weighted by Gasteiger charge is 2.51. The SMILES string of the molecule is C=O.COC1=C2CN(S(=O)(=O)C(F)(F)F)C[C@H](CCC3CCCC3)NC2=CCC1. The summed E-state index contributed by atoms with van der Waals surface area (Å²) in [5.41, 5.74) is -4.08. The van der Waals surface area contributed by atoms with Gasteiger partial charge in [0.25, 0.3) is 0 Å². The molecule has 0 aromatic heterocycles. The fourth-order valence-corrected chi connectivity index (χ4v) is 5.27. The molecule has 0 amide bonds. The van der Waals surface area contributed by atoms with Gasteiger partial charge >= 0.3 is 15.5 Å². The second-order valence-corrected chi connectivity index (χ2v) is 9.50. The molecule has 0 aromatic carbocycles. The largest absolute Gasteiger partial charge is 0.511 e. The molecule has 1 saturated heterocycles. The topological polar surface area (TPSA) is 75.7 Å². The minimum absolute atomic E-state index is 0.188. The van der Waals surface area contributed by atoms with Crippen molar-refractivity contribution in [1.82, 2.24) is 9.62 Å². The maximum absolute atomic E-state index is 13.2. The van der Waals surface area contributed by atoms with Gasteiger partial charge in [0, 0.05) is 36.8 Å². The number of alkyl halides is 3. The Morgan fingerprint density at radius 1 is 1.24 bits per heavy atom. The molecule has 0 radical (unpaired) electrons. The summed E-state index contributed by atoms with van der Waals surface area (Å²) >= 11 is 0. The second-order valence-electron chi connectivity index (χ2n) is 7.57. The Bertz CT molecular complexity index is 728. The van der Waals surface area contributed by atoms with E-state index >= 15 is 0 Å². The van der Waals surface area contributed by atoms with Crippen LogP contribution in [0.25, 0.3) is 0 Å². The number of sulfonamides is 1. The van der Waals surface area contributed by atoms with Crippen LogP contribution in [-0.4, -0.2) is 51.3 Å². The lowest BCUT2D eigenvalue weighted by Crippen LogP contribution is -2.45. The Kier molecular flexibility index (Phi) is 8.16. The zero-order chi connectivity index (χ0) is 21.7. The van der Waals surface area contributed by atoms with Crippen LogP contribution < -0.4 is 5.32 Å². The first kappa shape index (κ1) is 23.7. The number of hydrogen-bond donors (Lipinski definition) is 1. The van der Waals surface area contributed by atoms with Crippen molar-refractivity contribution in [3.05, 3.63) is 23.1 Å². The zero-order valence-corrected chi connectivity index (χ0v) is 17.4. The first-order valence-corrected chi connectivity index (χ1v) is 11.2. The number of allylic oxidation sites excluding steroid dienone is 2. The number of carbonyl (C=O) groups is 1. The first-order valence-electron chi connectivity index (χ1n) is 9.80. The number of methoxy groups -OCH3 is 1. The number of hydrogen-bond acceptors (Lipinski definition) is 5. The molecule has 0 aromatic rings. The van der Waals surface area contributed by atoms with Crippen LogP contribution in [0, 0.1) is 5.92 Å². The van der Waals surface area contributed by atoms with Crippen molar-refractivity contribution in [2.75, 3.05) is 20.2 Å². The molecule has 3 rings (SSSR count). The molecule has 1 N–H and O–H groups in total. The van der Waals surface area contributed by atoms with Crippen molar-refractivity contribution in [3.8, 4) is 0 Å². The van der Waals surface area contributed by atoms with Crippen LogP contribution in [0.2, 0.25) is 0 Å². The van der Waals surface area contributed by atoms with E-state index in [2.05, 4.69) is 5.32 Å². The van der Waals surface area contributed by atoms with E-state index in [1.165, 1.54) is 20.0 Å². The normalized spacial score (nSPS) is 24.0. The Hall–Kier alpha value is -1.55. The van der Waals surface area contributed by atoms with E-state index in [4.69, 9.17) is 9.53 Å². The highest BCUT2D eigenvalue weighted by molar-refractivity contribution is 7.90. The van der Waals surface area contributed by atoms with E-state index in [1.54, 1.807) is 0 Å². The summed E-state index contributed by atoms with van der Waals surface area (Å²) < 4.78 is 69.8. The quantitative estimate of drug-likeness (QED) is 0.711. The summed E-state index contributed by atoms with van der Waals surface area (Å²) in [6.07, 6.45) is 9.48. The average molecular weight is 439 g/mol. The van der Waals surface area contributed by atoms with Crippen LogP contribution >= 0.6 is 0 Å². The number of nitrogens with zero attached hydrogens (tertiary/aromatic N) is 1. The van der Waals surface area contributed by atoms with E-state index in [0.29, 0.717) is 34.4 Å². The minimum atomic E-state index is -5.40. The lowest BCUT2D eigenvalue weighted by molar-refractivity contribution is -0.0980. The standard InChI is InChI=1S/C18H27F3N2O3S.CH2O/c1-26-17-8-4-7-16-15(17)12-23(27(24,25)18(19,20)21)11-14(22-16)10-9-13-5-2-3-6-13;1-2/h7,13-14,22H,2-6,8-12H2,1H3;1H2/t14-;/m0./s1. The lowest BCUT2D eigenvalue weighted by Gasteiger charge is -2.25. The van der Waals surface area contributed by atoms with Gasteiger partial charge in [-0.1, -0.05) is 31.8 Å². The molecule has 1 atom stereocenters. The molecule has 6 nitrogen and oxygen atoms in total. The predicted molar refractivity (Wildman–Crippen MR) is 103 cm³/mol. The molecule has 10 heteroatoms. The van der Waals surface area contributed by atoms with Crippen molar-refractivity contribution >= 4 is 16.8 Å². The third-order valence-corrected chi connectivity index (χ3v) is 7.32. The molecule has 0 unspecified atom stereocenters. The average Bonchev–Trinajstić information content (AvgIpc) is 3.13. The molecule has 2 aliphatic carbocycles. The summed E-state index contributed by atoms with van der Waals surface area (Å²) in [6, 6.07) is -0.345. The van der Waals surface area contributed by atoms with E-state index < -0.39 is 15.5 Å². The van der Waals surface area contributed by atoms with Gasteiger partial charge in [0.2, 0.25) is 0 Å². The van der Waals surface area contributed by atoms with Gasteiger partial charge in [0.1, 0.15) is 12.5 Å². The van der Waals surface area contributed by atoms with Gasteiger partial charge in [0.05, 0.1) is 7.11 Å². The van der Waals surface area contributed by atoms with Gasteiger partial charge in [-0.25, -0.2) is 8.42 Å². The van der Waals surface area contributed by atoms with Gasteiger partial charge in [-0.2, -0.15) is 17.5 Å². The van der Waals surface area contributed by atoms with Crippen LogP contribution in [0.3, 0.4) is 0 Å². The third kappa shape index (κ3) is 5.53. The highest BCUT2D eigenvalue weighted by Crippen LogP contribution is 2.34. The predicted octanol–water partition coefficient (Wildman–Crippen LogP) is 3.47. The Morgan fingerprint density at radius 3 is 2.48 bits per heavy atom. The van der Waals surface area contributed by atoms with Crippen molar-refractivity contribution < 1.29 is 31.1 Å². The molecule has 0 bridgehead atoms.